The number of carbonyl (C=O) groups is 1. The number of alkyl halides is 6. The molecule has 0 saturated carbocycles. The second-order valence-electron chi connectivity index (χ2n) is 8.93. The van der Waals surface area contributed by atoms with Gasteiger partial charge < -0.3 is 9.72 Å². The summed E-state index contributed by atoms with van der Waals surface area (Å²) in [7, 11) is 1.14. The lowest BCUT2D eigenvalue weighted by atomic mass is 9.99. The van der Waals surface area contributed by atoms with E-state index >= 15 is 0 Å². The second-order valence-corrected chi connectivity index (χ2v) is 8.93. The third-order valence-electron chi connectivity index (χ3n) is 6.34. The highest BCUT2D eigenvalue weighted by Crippen LogP contribution is 2.41. The topological polar surface area (TPSA) is 83.5 Å². The van der Waals surface area contributed by atoms with Gasteiger partial charge in [0.1, 0.15) is 17.3 Å². The summed E-state index contributed by atoms with van der Waals surface area (Å²) in [6, 6.07) is 8.55. The van der Waals surface area contributed by atoms with Crippen LogP contribution in [0.4, 0.5) is 30.7 Å². The summed E-state index contributed by atoms with van der Waals surface area (Å²) in [6.07, 6.45) is -7.58. The van der Waals surface area contributed by atoms with E-state index in [0.29, 0.717) is 23.5 Å². The highest BCUT2D eigenvalue weighted by atomic mass is 19.4. The van der Waals surface area contributed by atoms with Crippen LogP contribution in [0.25, 0.3) is 22.6 Å². The fourth-order valence-electron chi connectivity index (χ4n) is 4.37. The third-order valence-corrected chi connectivity index (χ3v) is 6.34. The summed E-state index contributed by atoms with van der Waals surface area (Å²) >= 11 is 0. The molecule has 0 amide bonds. The van der Waals surface area contributed by atoms with Crippen molar-refractivity contribution in [1.82, 2.24) is 20.0 Å². The molecule has 212 valence electrons. The maximum absolute atomic E-state index is 14.3. The average Bonchev–Trinajstić information content (AvgIpc) is 3.36. The van der Waals surface area contributed by atoms with Crippen molar-refractivity contribution >= 4 is 12.2 Å². The number of benzene rings is 2. The molecule has 0 saturated heterocycles. The van der Waals surface area contributed by atoms with E-state index in [4.69, 9.17) is 4.74 Å². The summed E-state index contributed by atoms with van der Waals surface area (Å²) in [5.74, 6) is -1.01. The number of aromatic amines is 1. The Morgan fingerprint density at radius 3 is 2.39 bits per heavy atom. The van der Waals surface area contributed by atoms with Gasteiger partial charge in [-0.2, -0.15) is 31.4 Å². The molecule has 4 aromatic rings. The normalized spacial score (nSPS) is 14.1. The number of pyridine rings is 1. The van der Waals surface area contributed by atoms with E-state index in [9.17, 15) is 35.5 Å². The summed E-state index contributed by atoms with van der Waals surface area (Å²) in [6.45, 7) is 0.00588. The van der Waals surface area contributed by atoms with Crippen LogP contribution in [0.15, 0.2) is 65.9 Å². The van der Waals surface area contributed by atoms with Crippen molar-refractivity contribution in [1.29, 1.82) is 0 Å². The zero-order chi connectivity index (χ0) is 29.5. The van der Waals surface area contributed by atoms with Crippen LogP contribution in [0.5, 0.6) is 0 Å². The fraction of sp³-hybridized carbons (Fsp3) is 0.185. The first kappa shape index (κ1) is 27.8. The van der Waals surface area contributed by atoms with Gasteiger partial charge in [0.05, 0.1) is 47.9 Å². The van der Waals surface area contributed by atoms with Gasteiger partial charge in [0.15, 0.2) is 6.04 Å². The lowest BCUT2D eigenvalue weighted by Crippen LogP contribution is -2.33. The quantitative estimate of drug-likeness (QED) is 0.220. The molecule has 7 nitrogen and oxygen atoms in total. The Morgan fingerprint density at radius 1 is 1.00 bits per heavy atom. The van der Waals surface area contributed by atoms with Gasteiger partial charge in [-0.05, 0) is 30.3 Å². The molecule has 1 atom stereocenters. The second kappa shape index (κ2) is 10.3. The van der Waals surface area contributed by atoms with Crippen LogP contribution >= 0.6 is 0 Å². The number of methoxy groups -OCH3 is 1. The standard InChI is InChI=1S/C27H18F7N5O2/c1-41-25(40)23(39-13-22-21(12-36-39)37-24(38-22)17-4-2-3-5-19(17)28)14-6-9-20(35-11-14)16-8-7-15(26(29,30)31)10-18(16)27(32,33)34/h2-12,23H,13H2,1H3,(H,37,38). The Hall–Kier alpha value is -4.75. The van der Waals surface area contributed by atoms with Gasteiger partial charge in [-0.3, -0.25) is 9.99 Å². The van der Waals surface area contributed by atoms with E-state index in [2.05, 4.69) is 20.1 Å². The molecule has 0 spiro atoms. The van der Waals surface area contributed by atoms with Gasteiger partial charge in [-0.25, -0.2) is 14.2 Å². The van der Waals surface area contributed by atoms with Crippen LogP contribution in [0, 0.1) is 5.82 Å². The Balaban J connectivity index is 1.46. The van der Waals surface area contributed by atoms with Crippen LogP contribution in [0.1, 0.15) is 34.1 Å². The number of aromatic nitrogens is 3. The van der Waals surface area contributed by atoms with E-state index < -0.39 is 46.9 Å². The number of hydrazone groups is 1. The van der Waals surface area contributed by atoms with Gasteiger partial charge in [-0.1, -0.05) is 24.3 Å². The molecule has 1 N–H and O–H groups in total. The van der Waals surface area contributed by atoms with Gasteiger partial charge >= 0.3 is 18.3 Å². The van der Waals surface area contributed by atoms with Crippen molar-refractivity contribution in [3.05, 3.63) is 94.7 Å². The summed E-state index contributed by atoms with van der Waals surface area (Å²) in [5.41, 5.74) is -2.43. The Morgan fingerprint density at radius 2 is 1.76 bits per heavy atom. The number of rotatable bonds is 5. The molecule has 0 fully saturated rings. The lowest BCUT2D eigenvalue weighted by Gasteiger charge is -2.29. The van der Waals surface area contributed by atoms with E-state index in [-0.39, 0.29) is 35.3 Å². The molecule has 1 unspecified atom stereocenters. The number of nitrogens with zero attached hydrogens (tertiary/aromatic N) is 4. The number of ether oxygens (including phenoxy) is 1. The van der Waals surface area contributed by atoms with Crippen molar-refractivity contribution in [3.8, 4) is 22.6 Å². The molecule has 0 bridgehead atoms. The SMILES string of the molecule is COC(=O)C(c1ccc(-c2ccc(C(F)(F)F)cc2C(F)(F)F)nc1)N1Cc2[nH]c(-c3ccccc3F)nc2C=N1. The van der Waals surface area contributed by atoms with E-state index in [1.165, 1.54) is 29.4 Å². The van der Waals surface area contributed by atoms with E-state index in [1.54, 1.807) is 12.1 Å². The number of esters is 1. The average molecular weight is 577 g/mol. The maximum atomic E-state index is 14.3. The molecule has 14 heteroatoms. The molecule has 2 aromatic heterocycles. The van der Waals surface area contributed by atoms with Crippen molar-refractivity contribution in [2.24, 2.45) is 5.10 Å². The minimum Gasteiger partial charge on any atom is -0.467 e. The lowest BCUT2D eigenvalue weighted by molar-refractivity contribution is -0.148. The Labute approximate surface area is 227 Å². The number of hydrogen-bond donors (Lipinski definition) is 1. The summed E-state index contributed by atoms with van der Waals surface area (Å²) in [4.78, 5) is 24.1. The van der Waals surface area contributed by atoms with Crippen LogP contribution in [-0.2, 0) is 28.4 Å². The van der Waals surface area contributed by atoms with Gasteiger partial charge in [-0.15, -0.1) is 0 Å². The van der Waals surface area contributed by atoms with Crippen LogP contribution in [0.3, 0.4) is 0 Å². The number of hydrogen-bond acceptors (Lipinski definition) is 6. The number of H-pyrrole nitrogens is 1. The predicted molar refractivity (Wildman–Crippen MR) is 132 cm³/mol. The number of carbonyl (C=O) groups excluding carboxylic acids is 1. The van der Waals surface area contributed by atoms with Gasteiger partial charge in [0.2, 0.25) is 0 Å². The van der Waals surface area contributed by atoms with Gasteiger partial charge in [0.25, 0.3) is 0 Å². The first-order valence-electron chi connectivity index (χ1n) is 11.8. The molecule has 0 aliphatic carbocycles. The molecule has 5 rings (SSSR count). The Bertz CT molecular complexity index is 1630. The zero-order valence-electron chi connectivity index (χ0n) is 20.9. The third kappa shape index (κ3) is 5.49. The number of nitrogens with one attached hydrogen (secondary N) is 1. The molecule has 1 aliphatic heterocycles. The smallest absolute Gasteiger partial charge is 0.417 e. The number of imidazole rings is 1. The largest absolute Gasteiger partial charge is 0.467 e. The summed E-state index contributed by atoms with van der Waals surface area (Å²) in [5, 5.41) is 5.58. The molecular formula is C27H18F7N5O2. The van der Waals surface area contributed by atoms with Crippen LogP contribution < -0.4 is 0 Å². The predicted octanol–water partition coefficient (Wildman–Crippen LogP) is 6.38. The molecule has 2 aromatic carbocycles. The van der Waals surface area contributed by atoms with Crippen LogP contribution in [0.2, 0.25) is 0 Å². The molecular weight excluding hydrogens is 559 g/mol. The van der Waals surface area contributed by atoms with E-state index in [0.717, 1.165) is 19.4 Å². The minimum absolute atomic E-state index is 0.00588. The Kier molecular flexibility index (Phi) is 7.01. The zero-order valence-corrected chi connectivity index (χ0v) is 20.9. The maximum Gasteiger partial charge on any atom is 0.417 e. The number of fused-ring (bicyclic) bond motifs is 1. The van der Waals surface area contributed by atoms with Crippen molar-refractivity contribution in [3.63, 3.8) is 0 Å². The van der Waals surface area contributed by atoms with E-state index in [1.807, 2.05) is 0 Å². The highest BCUT2D eigenvalue weighted by molar-refractivity contribution is 5.82. The highest BCUT2D eigenvalue weighted by Gasteiger charge is 2.39. The monoisotopic (exact) mass is 577 g/mol. The minimum atomic E-state index is -5.09. The molecule has 41 heavy (non-hydrogen) atoms. The molecule has 1 aliphatic rings. The fourth-order valence-corrected chi connectivity index (χ4v) is 4.37. The summed E-state index contributed by atoms with van der Waals surface area (Å²) < 4.78 is 99.3. The molecule has 3 heterocycles. The number of halogens is 7. The first-order chi connectivity index (χ1) is 19.4. The molecule has 0 radical (unpaired) electrons. The van der Waals surface area contributed by atoms with Crippen LogP contribution in [-0.4, -0.2) is 39.3 Å². The van der Waals surface area contributed by atoms with Gasteiger partial charge in [0, 0.05) is 17.3 Å². The van der Waals surface area contributed by atoms with Crippen molar-refractivity contribution in [2.75, 3.05) is 7.11 Å². The van der Waals surface area contributed by atoms with Crippen molar-refractivity contribution < 1.29 is 40.3 Å². The first-order valence-corrected chi connectivity index (χ1v) is 11.8. The van der Waals surface area contributed by atoms with Crippen molar-refractivity contribution in [2.45, 2.75) is 24.9 Å².